The van der Waals surface area contributed by atoms with E-state index in [-0.39, 0.29) is 17.1 Å². The molecule has 1 atom stereocenters. The van der Waals surface area contributed by atoms with Gasteiger partial charge in [0.05, 0.1) is 0 Å². The maximum absolute atomic E-state index is 14.6. The number of carbonyl (C=O) groups is 1. The number of nitrogens with zero attached hydrogens (tertiary/aromatic N) is 1. The van der Waals surface area contributed by atoms with Crippen LogP contribution in [-0.4, -0.2) is 30.4 Å². The number of carbonyl (C=O) groups excluding carboxylic acids is 1. The Bertz CT molecular complexity index is 821. The Balaban J connectivity index is 1.86. The molecule has 2 aromatic rings. The molecule has 0 aliphatic carbocycles. The van der Waals surface area contributed by atoms with Crippen LogP contribution in [0.3, 0.4) is 0 Å². The summed E-state index contributed by atoms with van der Waals surface area (Å²) in [6, 6.07) is 8.70. The van der Waals surface area contributed by atoms with Gasteiger partial charge >= 0.3 is 0 Å². The van der Waals surface area contributed by atoms with Crippen LogP contribution >= 0.6 is 0 Å². The second kappa shape index (κ2) is 6.56. The van der Waals surface area contributed by atoms with Gasteiger partial charge in [0.15, 0.2) is 0 Å². The Morgan fingerprint density at radius 2 is 1.92 bits per heavy atom. The molecular weight excluding hydrogens is 322 g/mol. The van der Waals surface area contributed by atoms with E-state index in [1.807, 2.05) is 0 Å². The van der Waals surface area contributed by atoms with Crippen molar-refractivity contribution in [3.05, 3.63) is 59.2 Å². The molecule has 1 aliphatic rings. The van der Waals surface area contributed by atoms with E-state index in [9.17, 15) is 13.6 Å². The molecule has 2 aromatic carbocycles. The molecule has 1 heterocycles. The highest BCUT2D eigenvalue weighted by Gasteiger charge is 2.35. The molecule has 25 heavy (non-hydrogen) atoms. The molecule has 1 fully saturated rings. The molecule has 0 saturated carbocycles. The fraction of sp³-hybridized carbons (Fsp3) is 0.350. The molecule has 5 heteroatoms. The summed E-state index contributed by atoms with van der Waals surface area (Å²) in [4.78, 5) is 14.4. The Morgan fingerprint density at radius 1 is 1.20 bits per heavy atom. The first-order chi connectivity index (χ1) is 11.8. The number of likely N-dealkylation sites (tertiary alicyclic amines) is 1. The normalized spacial score (nSPS) is 20.1. The molecule has 0 bridgehead atoms. The zero-order chi connectivity index (χ0) is 18.2. The van der Waals surface area contributed by atoms with Gasteiger partial charge < -0.3 is 10.6 Å². The first-order valence-corrected chi connectivity index (χ1v) is 8.38. The molecule has 132 valence electrons. The van der Waals surface area contributed by atoms with Gasteiger partial charge in [-0.3, -0.25) is 4.79 Å². The van der Waals surface area contributed by atoms with Crippen LogP contribution in [0.25, 0.3) is 11.1 Å². The summed E-state index contributed by atoms with van der Waals surface area (Å²) < 4.78 is 27.8. The Labute approximate surface area is 146 Å². The predicted molar refractivity (Wildman–Crippen MR) is 94.2 cm³/mol. The molecule has 2 N–H and O–H groups in total. The first kappa shape index (κ1) is 17.5. The summed E-state index contributed by atoms with van der Waals surface area (Å²) in [5, 5.41) is 0. The third kappa shape index (κ3) is 3.42. The zero-order valence-electron chi connectivity index (χ0n) is 14.5. The van der Waals surface area contributed by atoms with E-state index in [1.165, 1.54) is 18.2 Å². The summed E-state index contributed by atoms with van der Waals surface area (Å²) >= 11 is 0. The van der Waals surface area contributed by atoms with Crippen molar-refractivity contribution in [1.29, 1.82) is 0 Å². The van der Waals surface area contributed by atoms with Crippen molar-refractivity contribution in [2.45, 2.75) is 20.3 Å². The number of hydrogen-bond donors (Lipinski definition) is 1. The van der Waals surface area contributed by atoms with Crippen molar-refractivity contribution in [2.24, 2.45) is 11.1 Å². The minimum absolute atomic E-state index is 0.0701. The van der Waals surface area contributed by atoms with E-state index in [0.717, 1.165) is 6.42 Å². The highest BCUT2D eigenvalue weighted by atomic mass is 19.1. The van der Waals surface area contributed by atoms with Crippen molar-refractivity contribution < 1.29 is 13.6 Å². The number of rotatable bonds is 3. The molecule has 0 radical (unpaired) electrons. The minimum atomic E-state index is -0.485. The molecular formula is C20H22F2N2O. The number of aryl methyl sites for hydroxylation is 1. The van der Waals surface area contributed by atoms with Crippen LogP contribution in [0.4, 0.5) is 8.78 Å². The average Bonchev–Trinajstić information content (AvgIpc) is 2.98. The van der Waals surface area contributed by atoms with Crippen molar-refractivity contribution in [1.82, 2.24) is 4.90 Å². The lowest BCUT2D eigenvalue weighted by atomic mass is 9.90. The second-order valence-electron chi connectivity index (χ2n) is 7.15. The van der Waals surface area contributed by atoms with Crippen LogP contribution in [0.2, 0.25) is 0 Å². The Kier molecular flexibility index (Phi) is 4.60. The summed E-state index contributed by atoms with van der Waals surface area (Å²) in [5.41, 5.74) is 7.66. The van der Waals surface area contributed by atoms with Gasteiger partial charge in [-0.15, -0.1) is 0 Å². The lowest BCUT2D eigenvalue weighted by Gasteiger charge is -2.22. The van der Waals surface area contributed by atoms with Gasteiger partial charge in [-0.05, 0) is 60.7 Å². The van der Waals surface area contributed by atoms with Gasteiger partial charge in [0.25, 0.3) is 5.91 Å². The highest BCUT2D eigenvalue weighted by Crippen LogP contribution is 2.31. The van der Waals surface area contributed by atoms with E-state index in [4.69, 9.17) is 5.73 Å². The van der Waals surface area contributed by atoms with E-state index < -0.39 is 5.82 Å². The van der Waals surface area contributed by atoms with Gasteiger partial charge in [-0.1, -0.05) is 19.1 Å². The number of amides is 1. The number of nitrogens with two attached hydrogens (primary N) is 1. The molecule has 3 rings (SSSR count). The van der Waals surface area contributed by atoms with Gasteiger partial charge in [0, 0.05) is 24.2 Å². The van der Waals surface area contributed by atoms with Crippen molar-refractivity contribution >= 4 is 5.91 Å². The lowest BCUT2D eigenvalue weighted by Crippen LogP contribution is -2.34. The minimum Gasteiger partial charge on any atom is -0.338 e. The van der Waals surface area contributed by atoms with Crippen molar-refractivity contribution in [2.75, 3.05) is 19.6 Å². The largest absolute Gasteiger partial charge is 0.338 e. The second-order valence-corrected chi connectivity index (χ2v) is 7.15. The predicted octanol–water partition coefficient (Wildman–Crippen LogP) is 3.75. The maximum Gasteiger partial charge on any atom is 0.253 e. The molecule has 1 saturated heterocycles. The number of benzene rings is 2. The third-order valence-electron chi connectivity index (χ3n) is 5.03. The standard InChI is InChI=1S/C20H22F2N2O/c1-13-9-15(21)4-6-16(13)17-5-3-14(10-18(17)22)19(25)24-8-7-20(2,11-23)12-24/h3-6,9-10H,7-8,11-12,23H2,1-2H3. The molecule has 3 nitrogen and oxygen atoms in total. The van der Waals surface area contributed by atoms with Crippen LogP contribution < -0.4 is 5.73 Å². The van der Waals surface area contributed by atoms with Crippen LogP contribution in [-0.2, 0) is 0 Å². The first-order valence-electron chi connectivity index (χ1n) is 8.38. The monoisotopic (exact) mass is 344 g/mol. The van der Waals surface area contributed by atoms with Crippen molar-refractivity contribution in [3.63, 3.8) is 0 Å². The van der Waals surface area contributed by atoms with Crippen LogP contribution in [0.15, 0.2) is 36.4 Å². The molecule has 1 unspecified atom stereocenters. The maximum atomic E-state index is 14.6. The fourth-order valence-corrected chi connectivity index (χ4v) is 3.34. The van der Waals surface area contributed by atoms with E-state index >= 15 is 0 Å². The average molecular weight is 344 g/mol. The summed E-state index contributed by atoms with van der Waals surface area (Å²) in [5.74, 6) is -1.02. The molecule has 0 aromatic heterocycles. The highest BCUT2D eigenvalue weighted by molar-refractivity contribution is 5.95. The Morgan fingerprint density at radius 3 is 2.52 bits per heavy atom. The summed E-state index contributed by atoms with van der Waals surface area (Å²) in [6.07, 6.45) is 0.852. The van der Waals surface area contributed by atoms with Gasteiger partial charge in [-0.25, -0.2) is 8.78 Å². The van der Waals surface area contributed by atoms with Gasteiger partial charge in [0.2, 0.25) is 0 Å². The third-order valence-corrected chi connectivity index (χ3v) is 5.03. The zero-order valence-corrected chi connectivity index (χ0v) is 14.5. The number of hydrogen-bond acceptors (Lipinski definition) is 2. The molecule has 1 aliphatic heterocycles. The topological polar surface area (TPSA) is 46.3 Å². The summed E-state index contributed by atoms with van der Waals surface area (Å²) in [6.45, 7) is 5.53. The summed E-state index contributed by atoms with van der Waals surface area (Å²) in [7, 11) is 0. The smallest absolute Gasteiger partial charge is 0.253 e. The van der Waals surface area contributed by atoms with E-state index in [1.54, 1.807) is 30.0 Å². The Hall–Kier alpha value is -2.27. The molecule has 1 amide bonds. The molecule has 0 spiro atoms. The van der Waals surface area contributed by atoms with Crippen molar-refractivity contribution in [3.8, 4) is 11.1 Å². The van der Waals surface area contributed by atoms with E-state index in [2.05, 4.69) is 6.92 Å². The van der Waals surface area contributed by atoms with E-state index in [0.29, 0.717) is 41.9 Å². The quantitative estimate of drug-likeness (QED) is 0.922. The van der Waals surface area contributed by atoms with Gasteiger partial charge in [-0.2, -0.15) is 0 Å². The van der Waals surface area contributed by atoms with Crippen LogP contribution in [0.5, 0.6) is 0 Å². The van der Waals surface area contributed by atoms with Crippen LogP contribution in [0.1, 0.15) is 29.3 Å². The SMILES string of the molecule is Cc1cc(F)ccc1-c1ccc(C(=O)N2CCC(C)(CN)C2)cc1F. The lowest BCUT2D eigenvalue weighted by molar-refractivity contribution is 0.0776. The fourth-order valence-electron chi connectivity index (χ4n) is 3.34. The number of halogens is 2. The van der Waals surface area contributed by atoms with Gasteiger partial charge in [0.1, 0.15) is 11.6 Å². The van der Waals surface area contributed by atoms with Crippen LogP contribution in [0, 0.1) is 24.0 Å².